The van der Waals surface area contributed by atoms with Gasteiger partial charge in [0, 0.05) is 27.5 Å². The summed E-state index contributed by atoms with van der Waals surface area (Å²) < 4.78 is 20.6. The fourth-order valence-electron chi connectivity index (χ4n) is 2.70. The van der Waals surface area contributed by atoms with E-state index in [-0.39, 0.29) is 5.82 Å². The lowest BCUT2D eigenvalue weighted by molar-refractivity contribution is 0.352. The lowest BCUT2D eigenvalue weighted by Crippen LogP contribution is -2.16. The third kappa shape index (κ3) is 2.93. The van der Waals surface area contributed by atoms with Crippen molar-refractivity contribution in [2.75, 3.05) is 6.61 Å². The lowest BCUT2D eigenvalue weighted by atomic mass is 9.97. The number of hydrogen-bond donors (Lipinski definition) is 1. The van der Waals surface area contributed by atoms with Crippen molar-refractivity contribution in [1.82, 2.24) is 0 Å². The molecular formula is C16H14BrClFNO. The van der Waals surface area contributed by atoms with E-state index in [1.807, 2.05) is 12.1 Å². The molecule has 1 aliphatic rings. The molecule has 0 fully saturated rings. The highest BCUT2D eigenvalue weighted by Crippen LogP contribution is 2.36. The normalized spacial score (nSPS) is 14.7. The van der Waals surface area contributed by atoms with E-state index in [9.17, 15) is 4.39 Å². The largest absolute Gasteiger partial charge is 0.493 e. The van der Waals surface area contributed by atoms with Crippen molar-refractivity contribution in [3.63, 3.8) is 0 Å². The molecule has 1 heterocycles. The van der Waals surface area contributed by atoms with Crippen LogP contribution in [0.4, 0.5) is 4.39 Å². The van der Waals surface area contributed by atoms with E-state index < -0.39 is 6.04 Å². The Balaban J connectivity index is 1.94. The van der Waals surface area contributed by atoms with Crippen molar-refractivity contribution in [2.24, 2.45) is 5.73 Å². The van der Waals surface area contributed by atoms with Crippen LogP contribution in [0.3, 0.4) is 0 Å². The second-order valence-corrected chi connectivity index (χ2v) is 6.42. The van der Waals surface area contributed by atoms with Gasteiger partial charge in [0.15, 0.2) is 0 Å². The number of hydrogen-bond acceptors (Lipinski definition) is 2. The first-order valence-corrected chi connectivity index (χ1v) is 7.87. The SMILES string of the molecule is NC(Cc1cc(Br)cc2c1OCC2)c1c(F)cccc1Cl. The van der Waals surface area contributed by atoms with Crippen molar-refractivity contribution in [3.05, 3.63) is 62.3 Å². The van der Waals surface area contributed by atoms with Crippen LogP contribution in [0, 0.1) is 5.82 Å². The minimum absolute atomic E-state index is 0.353. The summed E-state index contributed by atoms with van der Waals surface area (Å²) in [5, 5.41) is 0.357. The van der Waals surface area contributed by atoms with Gasteiger partial charge in [0.1, 0.15) is 11.6 Å². The van der Waals surface area contributed by atoms with Gasteiger partial charge in [-0.05, 0) is 41.8 Å². The topological polar surface area (TPSA) is 35.2 Å². The number of benzene rings is 2. The van der Waals surface area contributed by atoms with Crippen LogP contribution in [0.2, 0.25) is 5.02 Å². The fraction of sp³-hybridized carbons (Fsp3) is 0.250. The molecule has 1 unspecified atom stereocenters. The smallest absolute Gasteiger partial charge is 0.129 e. The molecule has 1 atom stereocenters. The summed E-state index contributed by atoms with van der Waals surface area (Å²) in [5.41, 5.74) is 8.66. The number of ether oxygens (including phenoxy) is 1. The molecule has 2 aromatic rings. The average Bonchev–Trinajstić information content (AvgIpc) is 2.86. The van der Waals surface area contributed by atoms with Gasteiger partial charge in [0.2, 0.25) is 0 Å². The minimum atomic E-state index is -0.513. The molecule has 0 spiro atoms. The van der Waals surface area contributed by atoms with Gasteiger partial charge in [0.05, 0.1) is 6.61 Å². The summed E-state index contributed by atoms with van der Waals surface area (Å²) in [7, 11) is 0. The van der Waals surface area contributed by atoms with Crippen LogP contribution in [-0.4, -0.2) is 6.61 Å². The van der Waals surface area contributed by atoms with E-state index in [2.05, 4.69) is 15.9 Å². The Morgan fingerprint density at radius 3 is 2.95 bits per heavy atom. The summed E-state index contributed by atoms with van der Waals surface area (Å²) in [5.74, 6) is 0.503. The zero-order chi connectivity index (χ0) is 15.0. The maximum Gasteiger partial charge on any atom is 0.129 e. The van der Waals surface area contributed by atoms with Crippen molar-refractivity contribution in [3.8, 4) is 5.75 Å². The lowest BCUT2D eigenvalue weighted by Gasteiger charge is -2.17. The first-order chi connectivity index (χ1) is 10.1. The first-order valence-electron chi connectivity index (χ1n) is 6.70. The van der Waals surface area contributed by atoms with Crippen LogP contribution in [0.5, 0.6) is 5.75 Å². The van der Waals surface area contributed by atoms with Crippen molar-refractivity contribution in [1.29, 1.82) is 0 Å². The Kier molecular flexibility index (Phi) is 4.20. The van der Waals surface area contributed by atoms with Gasteiger partial charge >= 0.3 is 0 Å². The van der Waals surface area contributed by atoms with Crippen LogP contribution in [0.15, 0.2) is 34.8 Å². The van der Waals surface area contributed by atoms with Crippen LogP contribution in [0.25, 0.3) is 0 Å². The number of fused-ring (bicyclic) bond motifs is 1. The Morgan fingerprint density at radius 2 is 2.19 bits per heavy atom. The predicted octanol–water partition coefficient (Wildman–Crippen LogP) is 4.42. The second kappa shape index (κ2) is 5.95. The minimum Gasteiger partial charge on any atom is -0.493 e. The zero-order valence-corrected chi connectivity index (χ0v) is 13.5. The molecule has 0 aromatic heterocycles. The summed E-state index contributed by atoms with van der Waals surface area (Å²) in [4.78, 5) is 0. The molecule has 0 bridgehead atoms. The van der Waals surface area contributed by atoms with Gasteiger partial charge in [0.25, 0.3) is 0 Å². The highest BCUT2D eigenvalue weighted by atomic mass is 79.9. The highest BCUT2D eigenvalue weighted by molar-refractivity contribution is 9.10. The number of nitrogens with two attached hydrogens (primary N) is 1. The third-order valence-corrected chi connectivity index (χ3v) is 4.42. The van der Waals surface area contributed by atoms with Crippen LogP contribution in [0.1, 0.15) is 22.7 Å². The van der Waals surface area contributed by atoms with Crippen LogP contribution < -0.4 is 10.5 Å². The second-order valence-electron chi connectivity index (χ2n) is 5.10. The molecule has 110 valence electrons. The molecule has 0 saturated heterocycles. The molecule has 0 radical (unpaired) electrons. The van der Waals surface area contributed by atoms with Gasteiger partial charge in [-0.1, -0.05) is 33.6 Å². The number of halogens is 3. The van der Waals surface area contributed by atoms with Gasteiger partial charge < -0.3 is 10.5 Å². The maximum atomic E-state index is 14.0. The molecule has 0 saturated carbocycles. The summed E-state index contributed by atoms with van der Waals surface area (Å²) in [6.45, 7) is 0.675. The molecule has 1 aliphatic heterocycles. The maximum absolute atomic E-state index is 14.0. The molecule has 2 aromatic carbocycles. The standard InChI is InChI=1S/C16H14BrClFNO/c17-11-6-9-4-5-21-16(9)10(7-11)8-14(20)15-12(18)2-1-3-13(15)19/h1-3,6-7,14H,4-5,8,20H2. The van der Waals surface area contributed by atoms with E-state index >= 15 is 0 Å². The van der Waals surface area contributed by atoms with E-state index in [0.717, 1.165) is 27.8 Å². The van der Waals surface area contributed by atoms with Gasteiger partial charge in [-0.3, -0.25) is 0 Å². The Morgan fingerprint density at radius 1 is 1.38 bits per heavy atom. The van der Waals surface area contributed by atoms with Crippen LogP contribution >= 0.6 is 27.5 Å². The zero-order valence-electron chi connectivity index (χ0n) is 11.2. The molecule has 3 rings (SSSR count). The molecular weight excluding hydrogens is 357 g/mol. The Labute approximate surface area is 136 Å². The van der Waals surface area contributed by atoms with Crippen molar-refractivity contribution < 1.29 is 9.13 Å². The van der Waals surface area contributed by atoms with E-state index in [0.29, 0.717) is 23.6 Å². The van der Waals surface area contributed by atoms with Gasteiger partial charge in [-0.15, -0.1) is 0 Å². The summed E-state index contributed by atoms with van der Waals surface area (Å²) >= 11 is 9.57. The Hall–Kier alpha value is -1.10. The summed E-state index contributed by atoms with van der Waals surface area (Å²) in [6, 6.07) is 8.12. The fourth-order valence-corrected chi connectivity index (χ4v) is 3.56. The highest BCUT2D eigenvalue weighted by Gasteiger charge is 2.22. The molecule has 0 aliphatic carbocycles. The number of rotatable bonds is 3. The predicted molar refractivity (Wildman–Crippen MR) is 85.4 cm³/mol. The van der Waals surface area contributed by atoms with E-state index in [1.165, 1.54) is 6.07 Å². The van der Waals surface area contributed by atoms with Crippen molar-refractivity contribution >= 4 is 27.5 Å². The van der Waals surface area contributed by atoms with Crippen LogP contribution in [-0.2, 0) is 12.8 Å². The van der Waals surface area contributed by atoms with Gasteiger partial charge in [-0.25, -0.2) is 4.39 Å². The third-order valence-electron chi connectivity index (χ3n) is 3.64. The molecule has 2 nitrogen and oxygen atoms in total. The quantitative estimate of drug-likeness (QED) is 0.868. The molecule has 2 N–H and O–H groups in total. The van der Waals surface area contributed by atoms with E-state index in [4.69, 9.17) is 22.1 Å². The molecule has 21 heavy (non-hydrogen) atoms. The van der Waals surface area contributed by atoms with Gasteiger partial charge in [-0.2, -0.15) is 0 Å². The molecule has 5 heteroatoms. The average molecular weight is 371 g/mol. The first kappa shape index (κ1) is 14.8. The summed E-state index contributed by atoms with van der Waals surface area (Å²) in [6.07, 6.45) is 1.36. The molecule has 0 amide bonds. The Bertz CT molecular complexity index is 672. The van der Waals surface area contributed by atoms with E-state index in [1.54, 1.807) is 12.1 Å². The monoisotopic (exact) mass is 369 g/mol. The van der Waals surface area contributed by atoms with Crippen molar-refractivity contribution in [2.45, 2.75) is 18.9 Å².